The minimum Gasteiger partial charge on any atom is -0.507 e. The molecule has 1 aromatic carbocycles. The maximum absolute atomic E-state index is 12.3. The third-order valence-corrected chi connectivity index (χ3v) is 3.93. The number of nitrogen functional groups attached to an aromatic ring is 1. The number of nitrogens with two attached hydrogens (primary N) is 1. The van der Waals surface area contributed by atoms with E-state index in [9.17, 15) is 9.90 Å². The third-order valence-electron chi connectivity index (χ3n) is 3.93. The molecule has 7 nitrogen and oxygen atoms in total. The van der Waals surface area contributed by atoms with E-state index in [1.807, 2.05) is 19.1 Å². The SMILES string of the molecule is COc1cc(O)c(C(=O)NCCCCc2cc(C)cc(N)n2)c(OC)c1.Cl. The first-order valence-corrected chi connectivity index (χ1v) is 8.40. The number of aromatic hydroxyl groups is 1. The van der Waals surface area contributed by atoms with Gasteiger partial charge in [-0.1, -0.05) is 0 Å². The number of amides is 1. The predicted octanol–water partition coefficient (Wildman–Crippen LogP) is 2.87. The van der Waals surface area contributed by atoms with Gasteiger partial charge in [-0.2, -0.15) is 0 Å². The minimum atomic E-state index is -0.389. The van der Waals surface area contributed by atoms with E-state index < -0.39 is 0 Å². The second-order valence-corrected chi connectivity index (χ2v) is 6.00. The van der Waals surface area contributed by atoms with Crippen molar-refractivity contribution in [1.82, 2.24) is 10.3 Å². The van der Waals surface area contributed by atoms with Crippen LogP contribution in [0.2, 0.25) is 0 Å². The number of anilines is 1. The number of phenolic OH excluding ortho intramolecular Hbond substituents is 1. The van der Waals surface area contributed by atoms with Crippen molar-refractivity contribution in [2.24, 2.45) is 0 Å². The van der Waals surface area contributed by atoms with Gasteiger partial charge in [0.15, 0.2) is 0 Å². The standard InChI is InChI=1S/C19H25N3O4.ClH/c1-12-8-13(22-17(20)9-12)6-4-5-7-21-19(24)18-15(23)10-14(25-2)11-16(18)26-3;/h8-11,23H,4-7H2,1-3H3,(H2,20,22)(H,21,24);1H. The average molecular weight is 396 g/mol. The van der Waals surface area contributed by atoms with Crippen molar-refractivity contribution in [1.29, 1.82) is 0 Å². The molecule has 1 aromatic heterocycles. The fourth-order valence-electron chi connectivity index (χ4n) is 2.70. The lowest BCUT2D eigenvalue weighted by Gasteiger charge is -2.12. The van der Waals surface area contributed by atoms with Gasteiger partial charge in [0.05, 0.1) is 14.2 Å². The van der Waals surface area contributed by atoms with Crippen LogP contribution in [-0.4, -0.2) is 36.8 Å². The Kier molecular flexibility index (Phi) is 8.68. The van der Waals surface area contributed by atoms with Gasteiger partial charge in [0.2, 0.25) is 0 Å². The number of hydrogen-bond acceptors (Lipinski definition) is 6. The number of carbonyl (C=O) groups excluding carboxylic acids is 1. The number of rotatable bonds is 8. The summed E-state index contributed by atoms with van der Waals surface area (Å²) in [7, 11) is 2.91. The molecule has 0 saturated carbocycles. The summed E-state index contributed by atoms with van der Waals surface area (Å²) in [6.45, 7) is 2.46. The number of halogens is 1. The molecule has 0 bridgehead atoms. The number of nitrogens with zero attached hydrogens (tertiary/aromatic N) is 1. The smallest absolute Gasteiger partial charge is 0.258 e. The van der Waals surface area contributed by atoms with Crippen LogP contribution in [0.4, 0.5) is 5.82 Å². The highest BCUT2D eigenvalue weighted by atomic mass is 35.5. The first kappa shape index (κ1) is 22.4. The Morgan fingerprint density at radius 3 is 2.56 bits per heavy atom. The van der Waals surface area contributed by atoms with E-state index in [4.69, 9.17) is 15.2 Å². The van der Waals surface area contributed by atoms with Gasteiger partial charge < -0.3 is 25.6 Å². The number of aromatic nitrogens is 1. The highest BCUT2D eigenvalue weighted by molar-refractivity contribution is 5.99. The lowest BCUT2D eigenvalue weighted by Crippen LogP contribution is -2.25. The zero-order valence-electron chi connectivity index (χ0n) is 15.7. The van der Waals surface area contributed by atoms with Crippen molar-refractivity contribution >= 4 is 24.1 Å². The number of aryl methyl sites for hydroxylation is 2. The predicted molar refractivity (Wildman–Crippen MR) is 107 cm³/mol. The maximum Gasteiger partial charge on any atom is 0.258 e. The molecule has 4 N–H and O–H groups in total. The molecule has 0 atom stereocenters. The Balaban J connectivity index is 0.00000364. The van der Waals surface area contributed by atoms with Crippen molar-refractivity contribution in [3.63, 3.8) is 0 Å². The Bertz CT molecular complexity index is 764. The van der Waals surface area contributed by atoms with E-state index in [1.165, 1.54) is 20.3 Å². The molecule has 27 heavy (non-hydrogen) atoms. The number of carbonyl (C=O) groups is 1. The summed E-state index contributed by atoms with van der Waals surface area (Å²) in [5.41, 5.74) is 7.88. The molecule has 0 aliphatic carbocycles. The van der Waals surface area contributed by atoms with E-state index in [0.29, 0.717) is 18.1 Å². The van der Waals surface area contributed by atoms with Crippen LogP contribution in [-0.2, 0) is 6.42 Å². The lowest BCUT2D eigenvalue weighted by molar-refractivity contribution is 0.0947. The molecule has 0 aliphatic rings. The molecule has 0 aliphatic heterocycles. The summed E-state index contributed by atoms with van der Waals surface area (Å²) in [5.74, 6) is 0.632. The summed E-state index contributed by atoms with van der Waals surface area (Å²) in [4.78, 5) is 16.6. The number of ether oxygens (including phenoxy) is 2. The van der Waals surface area contributed by atoms with Crippen LogP contribution in [0.5, 0.6) is 17.2 Å². The van der Waals surface area contributed by atoms with Gasteiger partial charge in [0, 0.05) is 24.4 Å². The quantitative estimate of drug-likeness (QED) is 0.593. The van der Waals surface area contributed by atoms with E-state index in [0.717, 1.165) is 30.5 Å². The Morgan fingerprint density at radius 2 is 1.93 bits per heavy atom. The molecule has 0 radical (unpaired) electrons. The highest BCUT2D eigenvalue weighted by Gasteiger charge is 2.18. The molecule has 0 spiro atoms. The Morgan fingerprint density at radius 1 is 1.19 bits per heavy atom. The van der Waals surface area contributed by atoms with Crippen LogP contribution >= 0.6 is 12.4 Å². The maximum atomic E-state index is 12.3. The fraction of sp³-hybridized carbons (Fsp3) is 0.368. The number of hydrogen-bond donors (Lipinski definition) is 3. The molecule has 1 heterocycles. The summed E-state index contributed by atoms with van der Waals surface area (Å²) in [6, 6.07) is 6.78. The number of benzene rings is 1. The van der Waals surface area contributed by atoms with E-state index >= 15 is 0 Å². The lowest BCUT2D eigenvalue weighted by atomic mass is 10.1. The van der Waals surface area contributed by atoms with Crippen LogP contribution < -0.4 is 20.5 Å². The number of nitrogens with one attached hydrogen (secondary N) is 1. The van der Waals surface area contributed by atoms with Gasteiger partial charge in [-0.3, -0.25) is 4.79 Å². The second-order valence-electron chi connectivity index (χ2n) is 6.00. The van der Waals surface area contributed by atoms with Gasteiger partial charge in [-0.05, 0) is 43.9 Å². The first-order valence-electron chi connectivity index (χ1n) is 8.40. The number of phenols is 1. The summed E-state index contributed by atoms with van der Waals surface area (Å²) in [6.07, 6.45) is 2.43. The Labute approximate surface area is 165 Å². The zero-order chi connectivity index (χ0) is 19.1. The van der Waals surface area contributed by atoms with E-state index in [2.05, 4.69) is 10.3 Å². The van der Waals surface area contributed by atoms with Crippen LogP contribution in [0, 0.1) is 6.92 Å². The first-order chi connectivity index (χ1) is 12.4. The molecule has 2 aromatic rings. The molecule has 148 valence electrons. The average Bonchev–Trinajstić information content (AvgIpc) is 2.59. The number of pyridine rings is 1. The fourth-order valence-corrected chi connectivity index (χ4v) is 2.70. The summed E-state index contributed by atoms with van der Waals surface area (Å²) < 4.78 is 10.2. The van der Waals surface area contributed by atoms with Crippen molar-refractivity contribution in [3.8, 4) is 17.2 Å². The van der Waals surface area contributed by atoms with E-state index in [-0.39, 0.29) is 35.4 Å². The van der Waals surface area contributed by atoms with Crippen LogP contribution in [0.1, 0.15) is 34.5 Å². The molecular weight excluding hydrogens is 370 g/mol. The van der Waals surface area contributed by atoms with Crippen molar-refractivity contribution in [2.75, 3.05) is 26.5 Å². The number of methoxy groups -OCH3 is 2. The number of unbranched alkanes of at least 4 members (excludes halogenated alkanes) is 1. The van der Waals surface area contributed by atoms with Crippen molar-refractivity contribution in [3.05, 3.63) is 41.1 Å². The highest BCUT2D eigenvalue weighted by Crippen LogP contribution is 2.33. The monoisotopic (exact) mass is 395 g/mol. The summed E-state index contributed by atoms with van der Waals surface area (Å²) in [5, 5.41) is 12.9. The normalized spacial score (nSPS) is 10.0. The van der Waals surface area contributed by atoms with Crippen molar-refractivity contribution in [2.45, 2.75) is 26.2 Å². The van der Waals surface area contributed by atoms with Gasteiger partial charge in [0.1, 0.15) is 28.6 Å². The van der Waals surface area contributed by atoms with Gasteiger partial charge in [0.25, 0.3) is 5.91 Å². The molecule has 0 unspecified atom stereocenters. The van der Waals surface area contributed by atoms with Gasteiger partial charge in [-0.15, -0.1) is 12.4 Å². The van der Waals surface area contributed by atoms with Crippen LogP contribution in [0.15, 0.2) is 24.3 Å². The molecule has 0 saturated heterocycles. The van der Waals surface area contributed by atoms with Crippen LogP contribution in [0.3, 0.4) is 0 Å². The molecule has 2 rings (SSSR count). The molecular formula is C19H26ClN3O4. The Hall–Kier alpha value is -2.67. The minimum absolute atomic E-state index is 0. The van der Waals surface area contributed by atoms with E-state index in [1.54, 1.807) is 6.07 Å². The van der Waals surface area contributed by atoms with Crippen LogP contribution in [0.25, 0.3) is 0 Å². The molecule has 0 fully saturated rings. The third kappa shape index (κ3) is 6.21. The molecule has 8 heteroatoms. The largest absolute Gasteiger partial charge is 0.507 e. The molecule has 1 amide bonds. The second kappa shape index (κ2) is 10.5. The summed E-state index contributed by atoms with van der Waals surface area (Å²) >= 11 is 0. The van der Waals surface area contributed by atoms with Crippen molar-refractivity contribution < 1.29 is 19.4 Å². The topological polar surface area (TPSA) is 107 Å². The zero-order valence-corrected chi connectivity index (χ0v) is 16.6. The van der Waals surface area contributed by atoms with Gasteiger partial charge >= 0.3 is 0 Å². The van der Waals surface area contributed by atoms with Gasteiger partial charge in [-0.25, -0.2) is 4.98 Å².